The SMILES string of the molecule is COCCC(NC(=O)NC(C(=O)OC)C(C)C)C(=O)O. The van der Waals surface area contributed by atoms with Gasteiger partial charge in [-0.1, -0.05) is 13.8 Å². The van der Waals surface area contributed by atoms with Gasteiger partial charge in [0, 0.05) is 20.1 Å². The predicted molar refractivity (Wildman–Crippen MR) is 70.2 cm³/mol. The summed E-state index contributed by atoms with van der Waals surface area (Å²) in [7, 11) is 2.65. The van der Waals surface area contributed by atoms with Crippen molar-refractivity contribution in [2.45, 2.75) is 32.4 Å². The molecule has 8 nitrogen and oxygen atoms in total. The fourth-order valence-corrected chi connectivity index (χ4v) is 1.46. The van der Waals surface area contributed by atoms with E-state index in [1.54, 1.807) is 13.8 Å². The molecular formula is C12H22N2O6. The monoisotopic (exact) mass is 290 g/mol. The van der Waals surface area contributed by atoms with E-state index < -0.39 is 30.1 Å². The highest BCUT2D eigenvalue weighted by Crippen LogP contribution is 2.03. The van der Waals surface area contributed by atoms with Crippen LogP contribution in [0.4, 0.5) is 4.79 Å². The molecule has 0 aliphatic carbocycles. The molecule has 3 N–H and O–H groups in total. The van der Waals surface area contributed by atoms with Crippen LogP contribution in [0.25, 0.3) is 0 Å². The van der Waals surface area contributed by atoms with Gasteiger partial charge in [-0.15, -0.1) is 0 Å². The minimum Gasteiger partial charge on any atom is -0.480 e. The Morgan fingerprint density at radius 2 is 1.75 bits per heavy atom. The molecule has 0 heterocycles. The molecule has 8 heteroatoms. The largest absolute Gasteiger partial charge is 0.480 e. The Morgan fingerprint density at radius 3 is 2.15 bits per heavy atom. The fraction of sp³-hybridized carbons (Fsp3) is 0.750. The lowest BCUT2D eigenvalue weighted by Gasteiger charge is -2.21. The number of nitrogens with one attached hydrogen (secondary N) is 2. The van der Waals surface area contributed by atoms with Gasteiger partial charge in [-0.25, -0.2) is 14.4 Å². The van der Waals surface area contributed by atoms with E-state index in [1.165, 1.54) is 14.2 Å². The molecule has 0 aromatic heterocycles. The van der Waals surface area contributed by atoms with E-state index in [2.05, 4.69) is 15.4 Å². The number of carboxylic acid groups (broad SMARTS) is 1. The zero-order valence-electron chi connectivity index (χ0n) is 12.1. The lowest BCUT2D eigenvalue weighted by atomic mass is 10.1. The lowest BCUT2D eigenvalue weighted by molar-refractivity contribution is -0.144. The maximum Gasteiger partial charge on any atom is 0.328 e. The minimum atomic E-state index is -1.17. The van der Waals surface area contributed by atoms with Crippen LogP contribution < -0.4 is 10.6 Å². The van der Waals surface area contributed by atoms with Gasteiger partial charge in [0.05, 0.1) is 7.11 Å². The highest BCUT2D eigenvalue weighted by molar-refractivity contribution is 5.86. The van der Waals surface area contributed by atoms with Gasteiger partial charge in [0.15, 0.2) is 0 Å². The third kappa shape index (κ3) is 6.37. The number of ether oxygens (including phenoxy) is 2. The molecule has 0 aliphatic heterocycles. The van der Waals surface area contributed by atoms with Crippen molar-refractivity contribution in [2.24, 2.45) is 5.92 Å². The van der Waals surface area contributed by atoms with Crippen LogP contribution >= 0.6 is 0 Å². The highest BCUT2D eigenvalue weighted by atomic mass is 16.5. The van der Waals surface area contributed by atoms with Gasteiger partial charge in [-0.05, 0) is 5.92 Å². The molecule has 20 heavy (non-hydrogen) atoms. The molecule has 2 atom stereocenters. The third-order valence-corrected chi connectivity index (χ3v) is 2.62. The first-order valence-electron chi connectivity index (χ1n) is 6.20. The van der Waals surface area contributed by atoms with Gasteiger partial charge < -0.3 is 25.2 Å². The normalized spacial score (nSPS) is 13.4. The number of aliphatic carboxylic acids is 1. The maximum absolute atomic E-state index is 11.7. The van der Waals surface area contributed by atoms with Crippen LogP contribution in [0.5, 0.6) is 0 Å². The van der Waals surface area contributed by atoms with Crippen molar-refractivity contribution in [1.82, 2.24) is 10.6 Å². The lowest BCUT2D eigenvalue weighted by Crippen LogP contribution is -2.53. The Labute approximate surface area is 117 Å². The Bertz CT molecular complexity index is 345. The topological polar surface area (TPSA) is 114 Å². The molecule has 0 saturated heterocycles. The summed E-state index contributed by atoms with van der Waals surface area (Å²) < 4.78 is 9.34. The van der Waals surface area contributed by atoms with Crippen molar-refractivity contribution in [2.75, 3.05) is 20.8 Å². The van der Waals surface area contributed by atoms with Crippen molar-refractivity contribution in [3.05, 3.63) is 0 Å². The second-order valence-electron chi connectivity index (χ2n) is 4.53. The van der Waals surface area contributed by atoms with Crippen molar-refractivity contribution in [3.8, 4) is 0 Å². The summed E-state index contributed by atoms with van der Waals surface area (Å²) in [6, 6.07) is -2.66. The molecule has 0 aromatic carbocycles. The van der Waals surface area contributed by atoms with Gasteiger partial charge in [-0.2, -0.15) is 0 Å². The van der Waals surface area contributed by atoms with E-state index in [0.29, 0.717) is 0 Å². The average molecular weight is 290 g/mol. The van der Waals surface area contributed by atoms with Gasteiger partial charge in [-0.3, -0.25) is 0 Å². The van der Waals surface area contributed by atoms with E-state index in [4.69, 9.17) is 9.84 Å². The molecule has 0 saturated carbocycles. The molecule has 0 radical (unpaired) electrons. The van der Waals surface area contributed by atoms with E-state index in [0.717, 1.165) is 0 Å². The van der Waals surface area contributed by atoms with Crippen LogP contribution in [0.1, 0.15) is 20.3 Å². The molecule has 0 bridgehead atoms. The smallest absolute Gasteiger partial charge is 0.328 e. The Balaban J connectivity index is 4.56. The summed E-state index contributed by atoms with van der Waals surface area (Å²) in [4.78, 5) is 34.2. The van der Waals surface area contributed by atoms with Crippen LogP contribution in [0.2, 0.25) is 0 Å². The molecule has 116 valence electrons. The van der Waals surface area contributed by atoms with Crippen molar-refractivity contribution < 1.29 is 29.0 Å². The van der Waals surface area contributed by atoms with Crippen LogP contribution in [-0.2, 0) is 19.1 Å². The number of esters is 1. The second-order valence-corrected chi connectivity index (χ2v) is 4.53. The number of carboxylic acids is 1. The van der Waals surface area contributed by atoms with Crippen molar-refractivity contribution >= 4 is 18.0 Å². The fourth-order valence-electron chi connectivity index (χ4n) is 1.46. The summed E-state index contributed by atoms with van der Waals surface area (Å²) in [6.45, 7) is 3.67. The van der Waals surface area contributed by atoms with Gasteiger partial charge >= 0.3 is 18.0 Å². The van der Waals surface area contributed by atoms with Gasteiger partial charge in [0.2, 0.25) is 0 Å². The molecule has 2 amide bonds. The Morgan fingerprint density at radius 1 is 1.15 bits per heavy atom. The molecule has 0 rings (SSSR count). The molecule has 0 fully saturated rings. The maximum atomic E-state index is 11.7. The number of urea groups is 1. The zero-order chi connectivity index (χ0) is 15.7. The molecule has 0 aliphatic rings. The number of carbonyl (C=O) groups excluding carboxylic acids is 2. The summed E-state index contributed by atoms with van der Waals surface area (Å²) in [5.41, 5.74) is 0. The molecule has 0 aromatic rings. The number of hydrogen-bond donors (Lipinski definition) is 3. The minimum absolute atomic E-state index is 0.129. The van der Waals surface area contributed by atoms with E-state index in [-0.39, 0.29) is 18.9 Å². The van der Waals surface area contributed by atoms with Crippen LogP contribution in [0.15, 0.2) is 0 Å². The van der Waals surface area contributed by atoms with Crippen LogP contribution in [0, 0.1) is 5.92 Å². The van der Waals surface area contributed by atoms with Gasteiger partial charge in [0.1, 0.15) is 12.1 Å². The summed E-state index contributed by atoms with van der Waals surface area (Å²) in [5, 5.41) is 13.6. The van der Waals surface area contributed by atoms with Crippen molar-refractivity contribution in [3.63, 3.8) is 0 Å². The first-order valence-corrected chi connectivity index (χ1v) is 6.20. The van der Waals surface area contributed by atoms with E-state index in [9.17, 15) is 14.4 Å². The number of hydrogen-bond acceptors (Lipinski definition) is 5. The zero-order valence-corrected chi connectivity index (χ0v) is 12.1. The number of methoxy groups -OCH3 is 2. The summed E-state index contributed by atoms with van der Waals surface area (Å²) in [6.07, 6.45) is 0.129. The Kier molecular flexibility index (Phi) is 8.30. The number of carbonyl (C=O) groups is 3. The molecular weight excluding hydrogens is 268 g/mol. The second kappa shape index (κ2) is 9.13. The summed E-state index contributed by atoms with van der Waals surface area (Å²) >= 11 is 0. The predicted octanol–water partition coefficient (Wildman–Crippen LogP) is -0.0271. The van der Waals surface area contributed by atoms with Crippen molar-refractivity contribution in [1.29, 1.82) is 0 Å². The first-order chi connectivity index (χ1) is 9.33. The standard InChI is InChI=1S/C12H22N2O6/c1-7(2)9(11(17)20-4)14-12(18)13-8(10(15)16)5-6-19-3/h7-9H,5-6H2,1-4H3,(H,15,16)(H2,13,14,18). The number of rotatable bonds is 8. The van der Waals surface area contributed by atoms with E-state index in [1.807, 2.05) is 0 Å². The number of amides is 2. The van der Waals surface area contributed by atoms with Crippen LogP contribution in [0.3, 0.4) is 0 Å². The molecule has 0 spiro atoms. The van der Waals surface area contributed by atoms with Crippen LogP contribution in [-0.4, -0.2) is 56.0 Å². The van der Waals surface area contributed by atoms with Gasteiger partial charge in [0.25, 0.3) is 0 Å². The highest BCUT2D eigenvalue weighted by Gasteiger charge is 2.27. The molecule has 2 unspecified atom stereocenters. The Hall–Kier alpha value is -1.83. The first kappa shape index (κ1) is 18.2. The average Bonchev–Trinajstić information content (AvgIpc) is 2.39. The summed E-state index contributed by atoms with van der Waals surface area (Å²) in [5.74, 6) is -1.94. The third-order valence-electron chi connectivity index (χ3n) is 2.62. The quantitative estimate of drug-likeness (QED) is 0.541. The van der Waals surface area contributed by atoms with E-state index >= 15 is 0 Å².